The summed E-state index contributed by atoms with van der Waals surface area (Å²) < 4.78 is 0. The number of piperazine rings is 1. The Morgan fingerprint density at radius 2 is 1.67 bits per heavy atom. The summed E-state index contributed by atoms with van der Waals surface area (Å²) in [6, 6.07) is 7.02. The number of carbonyl (C=O) groups is 4. The lowest BCUT2D eigenvalue weighted by molar-refractivity contribution is -0.140. The number of ketones is 1. The molecule has 1 aromatic rings. The number of Topliss-reactive ketones (excluding diaryl/α,β-unsaturated/α-hetero) is 1. The first-order valence-electron chi connectivity index (χ1n) is 11.8. The van der Waals surface area contributed by atoms with Crippen LogP contribution in [0.2, 0.25) is 0 Å². The Bertz CT molecular complexity index is 965. The largest absolute Gasteiger partial charge is 0.368 e. The van der Waals surface area contributed by atoms with Crippen LogP contribution in [0.1, 0.15) is 57.3 Å². The van der Waals surface area contributed by atoms with Gasteiger partial charge < -0.3 is 15.1 Å². The minimum atomic E-state index is -0.886. The first-order chi connectivity index (χ1) is 15.5. The van der Waals surface area contributed by atoms with Crippen LogP contribution < -0.4 is 10.2 Å². The quantitative estimate of drug-likeness (QED) is 0.558. The normalized spacial score (nSPS) is 27.2. The van der Waals surface area contributed by atoms with Gasteiger partial charge in [-0.05, 0) is 61.8 Å². The molecule has 8 nitrogen and oxygen atoms in total. The van der Waals surface area contributed by atoms with Crippen molar-refractivity contribution < 1.29 is 19.2 Å². The SMILES string of the molecule is CC(=O)c1ccc(N2CCN(C(=O)CN3C(=O)N[C@@]4(C[C@H](C)CC(C)(C)C4)C3=O)CC2)cc1. The van der Waals surface area contributed by atoms with Gasteiger partial charge in [0.05, 0.1) is 0 Å². The lowest BCUT2D eigenvalue weighted by Gasteiger charge is -2.43. The van der Waals surface area contributed by atoms with Gasteiger partial charge >= 0.3 is 6.03 Å². The van der Waals surface area contributed by atoms with Crippen LogP contribution in [0.15, 0.2) is 24.3 Å². The average molecular weight is 455 g/mol. The lowest BCUT2D eigenvalue weighted by atomic mass is 9.64. The van der Waals surface area contributed by atoms with E-state index >= 15 is 0 Å². The molecule has 8 heteroatoms. The van der Waals surface area contributed by atoms with E-state index in [0.717, 1.165) is 17.0 Å². The lowest BCUT2D eigenvalue weighted by Crippen LogP contribution is -2.55. The van der Waals surface area contributed by atoms with Crippen molar-refractivity contribution >= 4 is 29.3 Å². The zero-order valence-electron chi connectivity index (χ0n) is 20.0. The van der Waals surface area contributed by atoms with Crippen LogP contribution in [0.5, 0.6) is 0 Å². The molecule has 0 aromatic heterocycles. The summed E-state index contributed by atoms with van der Waals surface area (Å²) in [6.07, 6.45) is 2.23. The van der Waals surface area contributed by atoms with E-state index in [0.29, 0.717) is 50.5 Å². The summed E-state index contributed by atoms with van der Waals surface area (Å²) in [5.74, 6) is -0.105. The zero-order valence-corrected chi connectivity index (χ0v) is 20.0. The van der Waals surface area contributed by atoms with Crippen molar-refractivity contribution in [3.63, 3.8) is 0 Å². The fourth-order valence-corrected chi connectivity index (χ4v) is 6.01. The third-order valence-corrected chi connectivity index (χ3v) is 7.19. The first kappa shape index (κ1) is 23.3. The highest BCUT2D eigenvalue weighted by Gasteiger charge is 2.56. The molecule has 1 N–H and O–H groups in total. The second-order valence-corrected chi connectivity index (χ2v) is 10.7. The van der Waals surface area contributed by atoms with Gasteiger partial charge in [0.2, 0.25) is 5.91 Å². The molecule has 1 aromatic carbocycles. The van der Waals surface area contributed by atoms with Gasteiger partial charge in [-0.15, -0.1) is 0 Å². The van der Waals surface area contributed by atoms with E-state index in [1.54, 1.807) is 11.8 Å². The molecule has 1 spiro atoms. The predicted octanol–water partition coefficient (Wildman–Crippen LogP) is 2.67. The molecule has 3 aliphatic rings. The van der Waals surface area contributed by atoms with Gasteiger partial charge in [-0.25, -0.2) is 4.79 Å². The summed E-state index contributed by atoms with van der Waals surface area (Å²) in [5, 5.41) is 2.94. The Hall–Kier alpha value is -2.90. The maximum Gasteiger partial charge on any atom is 0.325 e. The van der Waals surface area contributed by atoms with Gasteiger partial charge in [-0.1, -0.05) is 20.8 Å². The predicted molar refractivity (Wildman–Crippen MR) is 125 cm³/mol. The Morgan fingerprint density at radius 3 is 2.24 bits per heavy atom. The molecule has 2 heterocycles. The maximum absolute atomic E-state index is 13.3. The van der Waals surface area contributed by atoms with E-state index in [2.05, 4.69) is 31.0 Å². The van der Waals surface area contributed by atoms with E-state index in [1.807, 2.05) is 24.3 Å². The van der Waals surface area contributed by atoms with Gasteiger partial charge in [-0.2, -0.15) is 0 Å². The van der Waals surface area contributed by atoms with Crippen LogP contribution in [0.3, 0.4) is 0 Å². The van der Waals surface area contributed by atoms with Gasteiger partial charge in [0.1, 0.15) is 12.1 Å². The fraction of sp³-hybridized carbons (Fsp3) is 0.600. The molecule has 0 radical (unpaired) electrons. The molecule has 4 rings (SSSR count). The minimum absolute atomic E-state index is 0.0329. The number of hydrogen-bond acceptors (Lipinski definition) is 5. The first-order valence-corrected chi connectivity index (χ1v) is 11.8. The third-order valence-electron chi connectivity index (χ3n) is 7.19. The average Bonchev–Trinajstić information content (AvgIpc) is 2.95. The number of hydrogen-bond donors (Lipinski definition) is 1. The second-order valence-electron chi connectivity index (χ2n) is 10.7. The van der Waals surface area contributed by atoms with Gasteiger partial charge in [0.25, 0.3) is 5.91 Å². The van der Waals surface area contributed by atoms with Gasteiger partial charge in [0, 0.05) is 37.4 Å². The zero-order chi connectivity index (χ0) is 24.0. The van der Waals surface area contributed by atoms with Crippen molar-refractivity contribution in [1.29, 1.82) is 0 Å². The number of rotatable bonds is 4. The molecule has 33 heavy (non-hydrogen) atoms. The molecule has 2 atom stereocenters. The Labute approximate surface area is 195 Å². The van der Waals surface area contributed by atoms with Crippen molar-refractivity contribution in [2.45, 2.75) is 52.5 Å². The standard InChI is InChI=1S/C25H34N4O4/c1-17-13-24(3,4)16-25(14-17)22(32)29(23(33)26-25)15-21(31)28-11-9-27(10-12-28)20-7-5-19(6-8-20)18(2)30/h5-8,17H,9-16H2,1-4H3,(H,26,33)/t17-,25-/m1/s1. The molecular weight excluding hydrogens is 420 g/mol. The number of imide groups is 1. The van der Waals surface area contributed by atoms with Crippen LogP contribution in [0, 0.1) is 11.3 Å². The number of nitrogens with zero attached hydrogens (tertiary/aromatic N) is 3. The molecule has 3 fully saturated rings. The fourth-order valence-electron chi connectivity index (χ4n) is 6.01. The topological polar surface area (TPSA) is 90.0 Å². The molecule has 1 saturated carbocycles. The van der Waals surface area contributed by atoms with Gasteiger partial charge in [0.15, 0.2) is 5.78 Å². The van der Waals surface area contributed by atoms with Crippen LogP contribution in [0.4, 0.5) is 10.5 Å². The molecule has 0 bridgehead atoms. The van der Waals surface area contributed by atoms with E-state index < -0.39 is 11.6 Å². The molecule has 2 aliphatic heterocycles. The Morgan fingerprint density at radius 1 is 1.03 bits per heavy atom. The summed E-state index contributed by atoms with van der Waals surface area (Å²) in [6.45, 7) is 10.1. The molecule has 4 amide bonds. The van der Waals surface area contributed by atoms with E-state index in [1.165, 1.54) is 0 Å². The van der Waals surface area contributed by atoms with E-state index in [4.69, 9.17) is 0 Å². The van der Waals surface area contributed by atoms with Crippen molar-refractivity contribution in [3.05, 3.63) is 29.8 Å². The van der Waals surface area contributed by atoms with Crippen molar-refractivity contribution in [2.75, 3.05) is 37.6 Å². The highest BCUT2D eigenvalue weighted by molar-refractivity contribution is 6.09. The van der Waals surface area contributed by atoms with Crippen LogP contribution >= 0.6 is 0 Å². The number of nitrogens with one attached hydrogen (secondary N) is 1. The Kier molecular flexibility index (Phi) is 5.97. The molecule has 178 valence electrons. The van der Waals surface area contributed by atoms with E-state index in [-0.39, 0.29) is 29.6 Å². The number of carbonyl (C=O) groups excluding carboxylic acids is 4. The van der Waals surface area contributed by atoms with Crippen molar-refractivity contribution in [1.82, 2.24) is 15.1 Å². The molecule has 1 aliphatic carbocycles. The summed E-state index contributed by atoms with van der Waals surface area (Å²) in [4.78, 5) is 55.4. The highest BCUT2D eigenvalue weighted by atomic mass is 16.2. The number of benzene rings is 1. The number of anilines is 1. The van der Waals surface area contributed by atoms with Gasteiger partial charge in [-0.3, -0.25) is 19.3 Å². The van der Waals surface area contributed by atoms with Crippen LogP contribution in [-0.2, 0) is 9.59 Å². The highest BCUT2D eigenvalue weighted by Crippen LogP contribution is 2.46. The van der Waals surface area contributed by atoms with Crippen LogP contribution in [-0.4, -0.2) is 71.7 Å². The summed E-state index contributed by atoms with van der Waals surface area (Å²) in [7, 11) is 0. The third kappa shape index (κ3) is 4.61. The molecular formula is C25H34N4O4. The van der Waals surface area contributed by atoms with Crippen LogP contribution in [0.25, 0.3) is 0 Å². The summed E-state index contributed by atoms with van der Waals surface area (Å²) in [5.41, 5.74) is 0.759. The smallest absolute Gasteiger partial charge is 0.325 e. The second kappa shape index (κ2) is 8.47. The Balaban J connectivity index is 1.36. The molecule has 2 saturated heterocycles. The maximum atomic E-state index is 13.3. The van der Waals surface area contributed by atoms with E-state index in [9.17, 15) is 19.2 Å². The summed E-state index contributed by atoms with van der Waals surface area (Å²) >= 11 is 0. The number of urea groups is 1. The monoisotopic (exact) mass is 454 g/mol. The molecule has 0 unspecified atom stereocenters. The minimum Gasteiger partial charge on any atom is -0.368 e. The number of amides is 4. The van der Waals surface area contributed by atoms with Crippen molar-refractivity contribution in [3.8, 4) is 0 Å². The van der Waals surface area contributed by atoms with Crippen molar-refractivity contribution in [2.24, 2.45) is 11.3 Å².